The lowest BCUT2D eigenvalue weighted by atomic mass is 10.1. The van der Waals surface area contributed by atoms with Crippen molar-refractivity contribution in [2.45, 2.75) is 38.8 Å². The standard InChI is InChI=1S/C13H22F2N6O.HI/c1-9-18-12(20-22-9)7-17-13(16-2)19-10-3-5-21(6-4-10)8-11(14)15;/h10-11H,3-8H2,1-2H3,(H2,16,17,19);1H. The second-order valence-electron chi connectivity index (χ2n) is 5.27. The molecule has 0 amide bonds. The lowest BCUT2D eigenvalue weighted by molar-refractivity contribution is 0.0744. The van der Waals surface area contributed by atoms with Crippen molar-refractivity contribution in [2.24, 2.45) is 4.99 Å². The Labute approximate surface area is 151 Å². The van der Waals surface area contributed by atoms with Crippen molar-refractivity contribution in [3.8, 4) is 0 Å². The summed E-state index contributed by atoms with van der Waals surface area (Å²) in [6, 6.07) is 0.229. The van der Waals surface area contributed by atoms with Crippen molar-refractivity contribution in [1.82, 2.24) is 25.7 Å². The van der Waals surface area contributed by atoms with Crippen LogP contribution in [0.1, 0.15) is 24.6 Å². The van der Waals surface area contributed by atoms with Crippen LogP contribution in [0.25, 0.3) is 0 Å². The minimum atomic E-state index is -2.27. The van der Waals surface area contributed by atoms with E-state index in [2.05, 4.69) is 25.8 Å². The first-order valence-electron chi connectivity index (χ1n) is 7.33. The van der Waals surface area contributed by atoms with Crippen molar-refractivity contribution in [2.75, 3.05) is 26.7 Å². The zero-order valence-corrected chi connectivity index (χ0v) is 15.6. The first-order chi connectivity index (χ1) is 10.6. The zero-order chi connectivity index (χ0) is 15.9. The van der Waals surface area contributed by atoms with Gasteiger partial charge in [-0.25, -0.2) is 8.78 Å². The van der Waals surface area contributed by atoms with Crippen LogP contribution in [0.5, 0.6) is 0 Å². The van der Waals surface area contributed by atoms with E-state index in [1.165, 1.54) is 0 Å². The fraction of sp³-hybridized carbons (Fsp3) is 0.769. The number of likely N-dealkylation sites (tertiary alicyclic amines) is 1. The third-order valence-electron chi connectivity index (χ3n) is 3.53. The van der Waals surface area contributed by atoms with Crippen LogP contribution in [0.2, 0.25) is 0 Å². The first kappa shape index (κ1) is 20.0. The largest absolute Gasteiger partial charge is 0.354 e. The van der Waals surface area contributed by atoms with Crippen LogP contribution in [0.3, 0.4) is 0 Å². The molecule has 0 aliphatic carbocycles. The van der Waals surface area contributed by atoms with E-state index in [1.807, 2.05) is 0 Å². The van der Waals surface area contributed by atoms with Crippen LogP contribution in [0.4, 0.5) is 8.78 Å². The highest BCUT2D eigenvalue weighted by Gasteiger charge is 2.22. The lowest BCUT2D eigenvalue weighted by Crippen LogP contribution is -2.49. The van der Waals surface area contributed by atoms with E-state index in [0.717, 1.165) is 12.8 Å². The Morgan fingerprint density at radius 3 is 2.65 bits per heavy atom. The number of guanidine groups is 1. The van der Waals surface area contributed by atoms with E-state index in [-0.39, 0.29) is 36.6 Å². The van der Waals surface area contributed by atoms with Gasteiger partial charge in [0.05, 0.1) is 13.1 Å². The number of alkyl halides is 2. The van der Waals surface area contributed by atoms with Gasteiger partial charge in [0, 0.05) is 33.1 Å². The molecule has 7 nitrogen and oxygen atoms in total. The van der Waals surface area contributed by atoms with Gasteiger partial charge in [0.2, 0.25) is 5.89 Å². The number of piperidine rings is 1. The molecule has 1 aromatic heterocycles. The predicted octanol–water partition coefficient (Wildman–Crippen LogP) is 1.39. The van der Waals surface area contributed by atoms with Crippen molar-refractivity contribution >= 4 is 29.9 Å². The Hall–Kier alpha value is -1.04. The first-order valence-corrected chi connectivity index (χ1v) is 7.33. The van der Waals surface area contributed by atoms with Gasteiger partial charge in [-0.05, 0) is 12.8 Å². The van der Waals surface area contributed by atoms with Gasteiger partial charge in [-0.15, -0.1) is 24.0 Å². The van der Waals surface area contributed by atoms with Gasteiger partial charge in [0.1, 0.15) is 0 Å². The summed E-state index contributed by atoms with van der Waals surface area (Å²) in [6.07, 6.45) is -0.638. The smallest absolute Gasteiger partial charge is 0.251 e. The molecule has 1 aromatic rings. The normalized spacial score (nSPS) is 17.2. The summed E-state index contributed by atoms with van der Waals surface area (Å²) >= 11 is 0. The van der Waals surface area contributed by atoms with Gasteiger partial charge in [-0.3, -0.25) is 9.89 Å². The van der Waals surface area contributed by atoms with Crippen LogP contribution >= 0.6 is 24.0 Å². The molecule has 2 N–H and O–H groups in total. The molecule has 0 unspecified atom stereocenters. The molecule has 0 aromatic carbocycles. The molecule has 0 atom stereocenters. The van der Waals surface area contributed by atoms with Gasteiger partial charge in [0.15, 0.2) is 11.8 Å². The highest BCUT2D eigenvalue weighted by Crippen LogP contribution is 2.11. The van der Waals surface area contributed by atoms with Crippen LogP contribution in [0, 0.1) is 6.92 Å². The monoisotopic (exact) mass is 444 g/mol. The Bertz CT molecular complexity index is 491. The molecule has 1 aliphatic rings. The van der Waals surface area contributed by atoms with Gasteiger partial charge < -0.3 is 15.2 Å². The highest BCUT2D eigenvalue weighted by molar-refractivity contribution is 14.0. The third kappa shape index (κ3) is 6.94. The molecule has 1 saturated heterocycles. The molecule has 0 spiro atoms. The minimum Gasteiger partial charge on any atom is -0.354 e. The molecule has 0 radical (unpaired) electrons. The van der Waals surface area contributed by atoms with Crippen LogP contribution in [0.15, 0.2) is 9.52 Å². The summed E-state index contributed by atoms with van der Waals surface area (Å²) in [7, 11) is 1.68. The second-order valence-corrected chi connectivity index (χ2v) is 5.27. The average molecular weight is 444 g/mol. The average Bonchev–Trinajstić information content (AvgIpc) is 2.90. The molecule has 0 saturated carbocycles. The molecule has 23 heavy (non-hydrogen) atoms. The quantitative estimate of drug-likeness (QED) is 0.406. The molecular weight excluding hydrogens is 421 g/mol. The maximum Gasteiger partial charge on any atom is 0.251 e. The van der Waals surface area contributed by atoms with Gasteiger partial charge in [0.25, 0.3) is 6.43 Å². The third-order valence-corrected chi connectivity index (χ3v) is 3.53. The van der Waals surface area contributed by atoms with Crippen LogP contribution in [-0.4, -0.2) is 60.1 Å². The maximum absolute atomic E-state index is 12.3. The number of hydrogen-bond acceptors (Lipinski definition) is 5. The van der Waals surface area contributed by atoms with E-state index in [1.54, 1.807) is 18.9 Å². The second kappa shape index (κ2) is 9.96. The lowest BCUT2D eigenvalue weighted by Gasteiger charge is -2.32. The van der Waals surface area contributed by atoms with Crippen molar-refractivity contribution in [3.05, 3.63) is 11.7 Å². The summed E-state index contributed by atoms with van der Waals surface area (Å²) in [4.78, 5) is 10.0. The molecule has 132 valence electrons. The molecule has 1 aliphatic heterocycles. The van der Waals surface area contributed by atoms with E-state index in [9.17, 15) is 8.78 Å². The number of aryl methyl sites for hydroxylation is 1. The number of nitrogens with one attached hydrogen (secondary N) is 2. The summed E-state index contributed by atoms with van der Waals surface area (Å²) in [6.45, 7) is 3.35. The van der Waals surface area contributed by atoms with Gasteiger partial charge >= 0.3 is 0 Å². The number of hydrogen-bond donors (Lipinski definition) is 2. The Morgan fingerprint density at radius 1 is 1.43 bits per heavy atom. The molecule has 10 heteroatoms. The molecule has 2 rings (SSSR count). The molecule has 0 bridgehead atoms. The molecular formula is C13H23F2IN6O. The van der Waals surface area contributed by atoms with Crippen LogP contribution in [-0.2, 0) is 6.54 Å². The number of aromatic nitrogens is 2. The Morgan fingerprint density at radius 2 is 2.13 bits per heavy atom. The number of rotatable bonds is 5. The summed E-state index contributed by atoms with van der Waals surface area (Å²) < 4.78 is 29.6. The van der Waals surface area contributed by atoms with Crippen molar-refractivity contribution in [1.29, 1.82) is 0 Å². The maximum atomic E-state index is 12.3. The number of aliphatic imine (C=N–C) groups is 1. The summed E-state index contributed by atoms with van der Waals surface area (Å²) in [5.74, 6) is 1.73. The molecule has 2 heterocycles. The molecule has 1 fully saturated rings. The zero-order valence-electron chi connectivity index (χ0n) is 13.3. The Balaban J connectivity index is 0.00000264. The number of halogens is 3. The van der Waals surface area contributed by atoms with E-state index >= 15 is 0 Å². The highest BCUT2D eigenvalue weighted by atomic mass is 127. The van der Waals surface area contributed by atoms with E-state index in [4.69, 9.17) is 4.52 Å². The van der Waals surface area contributed by atoms with E-state index in [0.29, 0.717) is 37.3 Å². The summed E-state index contributed by atoms with van der Waals surface area (Å²) in [5, 5.41) is 10.2. The topological polar surface area (TPSA) is 78.6 Å². The van der Waals surface area contributed by atoms with Crippen molar-refractivity contribution in [3.63, 3.8) is 0 Å². The van der Waals surface area contributed by atoms with Gasteiger partial charge in [-0.2, -0.15) is 4.98 Å². The Kier molecular flexibility index (Phi) is 8.66. The van der Waals surface area contributed by atoms with Crippen molar-refractivity contribution < 1.29 is 13.3 Å². The number of nitrogens with zero attached hydrogens (tertiary/aromatic N) is 4. The van der Waals surface area contributed by atoms with E-state index < -0.39 is 6.43 Å². The van der Waals surface area contributed by atoms with Crippen LogP contribution < -0.4 is 10.6 Å². The SMILES string of the molecule is CN=C(NCc1noc(C)n1)NC1CCN(CC(F)F)CC1.I. The predicted molar refractivity (Wildman–Crippen MR) is 93.3 cm³/mol. The fourth-order valence-electron chi connectivity index (χ4n) is 2.42. The summed E-state index contributed by atoms with van der Waals surface area (Å²) in [5.41, 5.74) is 0. The fourth-order valence-corrected chi connectivity index (χ4v) is 2.42. The van der Waals surface area contributed by atoms with Gasteiger partial charge in [-0.1, -0.05) is 5.16 Å². The minimum absolute atomic E-state index is 0.